The molecular weight excluding hydrogens is 414 g/mol. The summed E-state index contributed by atoms with van der Waals surface area (Å²) in [7, 11) is 5.62. The molecule has 0 amide bonds. The number of halogens is 3. The Morgan fingerprint density at radius 1 is 1.13 bits per heavy atom. The molecule has 0 aliphatic rings. The van der Waals surface area contributed by atoms with Crippen LogP contribution in [0.4, 0.5) is 8.78 Å². The van der Waals surface area contributed by atoms with E-state index in [4.69, 9.17) is 16.3 Å². The van der Waals surface area contributed by atoms with E-state index < -0.39 is 6.61 Å². The molecule has 0 atom stereocenters. The van der Waals surface area contributed by atoms with Gasteiger partial charge in [-0.3, -0.25) is 4.99 Å². The minimum absolute atomic E-state index is 0.0694. The maximum atomic E-state index is 12.6. The van der Waals surface area contributed by atoms with Gasteiger partial charge in [0.05, 0.1) is 0 Å². The van der Waals surface area contributed by atoms with E-state index in [1.54, 1.807) is 13.1 Å². The average Bonchev–Trinajstić information content (AvgIpc) is 2.69. The quantitative estimate of drug-likeness (QED) is 0.435. The van der Waals surface area contributed by atoms with Crippen LogP contribution >= 0.6 is 11.6 Å². The van der Waals surface area contributed by atoms with Gasteiger partial charge in [0, 0.05) is 37.3 Å². The lowest BCUT2D eigenvalue weighted by molar-refractivity contribution is -0.0504. The molecule has 6 nitrogen and oxygen atoms in total. The van der Waals surface area contributed by atoms with Gasteiger partial charge in [0.1, 0.15) is 18.1 Å². The maximum absolute atomic E-state index is 12.6. The number of hydrogen-bond acceptors (Lipinski definition) is 4. The largest absolute Gasteiger partial charge is 0.492 e. The van der Waals surface area contributed by atoms with Gasteiger partial charge >= 0.3 is 6.61 Å². The highest BCUT2D eigenvalue weighted by atomic mass is 35.5. The van der Waals surface area contributed by atoms with Crippen molar-refractivity contribution in [1.82, 2.24) is 15.5 Å². The molecule has 0 spiro atoms. The van der Waals surface area contributed by atoms with E-state index in [1.165, 1.54) is 12.1 Å². The number of guanidine groups is 1. The van der Waals surface area contributed by atoms with Crippen LogP contribution in [0.25, 0.3) is 0 Å². The second kappa shape index (κ2) is 12.2. The molecule has 2 N–H and O–H groups in total. The molecule has 0 unspecified atom stereocenters. The molecule has 0 radical (unpaired) electrons. The molecule has 2 aromatic carbocycles. The summed E-state index contributed by atoms with van der Waals surface area (Å²) in [6, 6.07) is 12.3. The van der Waals surface area contributed by atoms with Crippen molar-refractivity contribution in [3.8, 4) is 11.5 Å². The van der Waals surface area contributed by atoms with Gasteiger partial charge in [0.25, 0.3) is 0 Å². The monoisotopic (exact) mass is 440 g/mol. The van der Waals surface area contributed by atoms with Crippen molar-refractivity contribution in [3.63, 3.8) is 0 Å². The van der Waals surface area contributed by atoms with Gasteiger partial charge < -0.3 is 25.0 Å². The minimum atomic E-state index is -2.91. The highest BCUT2D eigenvalue weighted by Crippen LogP contribution is 2.24. The van der Waals surface area contributed by atoms with Crippen LogP contribution in [0, 0.1) is 0 Å². The third kappa shape index (κ3) is 8.42. The van der Waals surface area contributed by atoms with E-state index >= 15 is 0 Å². The van der Waals surface area contributed by atoms with Crippen LogP contribution in [-0.4, -0.2) is 51.8 Å². The molecule has 9 heteroatoms. The van der Waals surface area contributed by atoms with Crippen LogP contribution in [-0.2, 0) is 13.1 Å². The van der Waals surface area contributed by atoms with Crippen molar-refractivity contribution in [2.45, 2.75) is 19.7 Å². The summed E-state index contributed by atoms with van der Waals surface area (Å²) in [6.45, 7) is -0.735. The zero-order valence-corrected chi connectivity index (χ0v) is 18.0. The van der Waals surface area contributed by atoms with Gasteiger partial charge in [-0.1, -0.05) is 23.7 Å². The SMILES string of the molecule is CN=C(NCc1cccc(OCCN(C)C)c1)NCc1cc(Cl)ccc1OC(F)F. The first-order valence-electron chi connectivity index (χ1n) is 9.41. The predicted octanol–water partition coefficient (Wildman–Crippen LogP) is 3.75. The summed E-state index contributed by atoms with van der Waals surface area (Å²) < 4.78 is 35.5. The van der Waals surface area contributed by atoms with Crippen LogP contribution in [0.3, 0.4) is 0 Å². The highest BCUT2D eigenvalue weighted by Gasteiger charge is 2.11. The Balaban J connectivity index is 1.91. The summed E-state index contributed by atoms with van der Waals surface area (Å²) >= 11 is 5.98. The maximum Gasteiger partial charge on any atom is 0.387 e. The summed E-state index contributed by atoms with van der Waals surface area (Å²) in [6.07, 6.45) is 0. The number of likely N-dealkylation sites (N-methyl/N-ethyl adjacent to an activating group) is 1. The summed E-state index contributed by atoms with van der Waals surface area (Å²) in [5.41, 5.74) is 1.52. The molecule has 0 heterocycles. The number of rotatable bonds is 10. The van der Waals surface area contributed by atoms with Gasteiger partial charge in [-0.15, -0.1) is 0 Å². The van der Waals surface area contributed by atoms with E-state index in [0.717, 1.165) is 17.9 Å². The van der Waals surface area contributed by atoms with E-state index in [-0.39, 0.29) is 12.3 Å². The van der Waals surface area contributed by atoms with Crippen molar-refractivity contribution in [3.05, 3.63) is 58.6 Å². The average molecular weight is 441 g/mol. The fourth-order valence-electron chi connectivity index (χ4n) is 2.57. The second-order valence-electron chi connectivity index (χ2n) is 6.71. The van der Waals surface area contributed by atoms with Crippen molar-refractivity contribution in [2.75, 3.05) is 34.3 Å². The van der Waals surface area contributed by atoms with Gasteiger partial charge in [0.15, 0.2) is 5.96 Å². The van der Waals surface area contributed by atoms with Gasteiger partial charge in [0.2, 0.25) is 0 Å². The van der Waals surface area contributed by atoms with Crippen LogP contribution in [0.1, 0.15) is 11.1 Å². The number of nitrogens with one attached hydrogen (secondary N) is 2. The molecule has 0 saturated heterocycles. The Morgan fingerprint density at radius 2 is 1.90 bits per heavy atom. The lowest BCUT2D eigenvalue weighted by Crippen LogP contribution is -2.36. The number of ether oxygens (including phenoxy) is 2. The Morgan fingerprint density at radius 3 is 2.60 bits per heavy atom. The Bertz CT molecular complexity index is 834. The molecule has 0 aliphatic heterocycles. The van der Waals surface area contributed by atoms with Crippen LogP contribution in [0.2, 0.25) is 5.02 Å². The normalized spacial score (nSPS) is 11.7. The van der Waals surface area contributed by atoms with E-state index in [9.17, 15) is 8.78 Å². The summed E-state index contributed by atoms with van der Waals surface area (Å²) in [4.78, 5) is 6.21. The zero-order chi connectivity index (χ0) is 21.9. The molecule has 164 valence electrons. The Labute approximate surface area is 180 Å². The van der Waals surface area contributed by atoms with Crippen molar-refractivity contribution in [1.29, 1.82) is 0 Å². The van der Waals surface area contributed by atoms with Crippen LogP contribution in [0.5, 0.6) is 11.5 Å². The van der Waals surface area contributed by atoms with E-state index in [1.807, 2.05) is 38.4 Å². The lowest BCUT2D eigenvalue weighted by Gasteiger charge is -2.15. The molecule has 30 heavy (non-hydrogen) atoms. The molecule has 0 aromatic heterocycles. The van der Waals surface area contributed by atoms with Crippen molar-refractivity contribution in [2.24, 2.45) is 4.99 Å². The standard InChI is InChI=1S/C21H27ClF2N4O2/c1-25-21(27-14-16-12-17(22)7-8-19(16)30-20(23)24)26-13-15-5-4-6-18(11-15)29-10-9-28(2)3/h4-8,11-12,20H,9-10,13-14H2,1-3H3,(H2,25,26,27). The second-order valence-corrected chi connectivity index (χ2v) is 7.15. The number of nitrogens with zero attached hydrogens (tertiary/aromatic N) is 2. The first-order valence-corrected chi connectivity index (χ1v) is 9.79. The van der Waals surface area contributed by atoms with Crippen molar-refractivity contribution < 1.29 is 18.3 Å². The topological polar surface area (TPSA) is 58.1 Å². The third-order valence-electron chi connectivity index (χ3n) is 4.07. The van der Waals surface area contributed by atoms with Crippen LogP contribution < -0.4 is 20.1 Å². The Kier molecular flexibility index (Phi) is 9.63. The Hall–Kier alpha value is -2.58. The molecule has 0 bridgehead atoms. The first kappa shape index (κ1) is 23.7. The highest BCUT2D eigenvalue weighted by molar-refractivity contribution is 6.30. The molecule has 0 saturated carbocycles. The van der Waals surface area contributed by atoms with Gasteiger partial charge in [-0.05, 0) is 50.0 Å². The summed E-state index contributed by atoms with van der Waals surface area (Å²) in [5, 5.41) is 6.70. The zero-order valence-electron chi connectivity index (χ0n) is 17.3. The fourth-order valence-corrected chi connectivity index (χ4v) is 2.77. The first-order chi connectivity index (χ1) is 14.4. The molecule has 0 fully saturated rings. The fraction of sp³-hybridized carbons (Fsp3) is 0.381. The van der Waals surface area contributed by atoms with E-state index in [0.29, 0.717) is 29.7 Å². The van der Waals surface area contributed by atoms with Crippen molar-refractivity contribution >= 4 is 17.6 Å². The lowest BCUT2D eigenvalue weighted by atomic mass is 10.2. The number of alkyl halides is 2. The van der Waals surface area contributed by atoms with Gasteiger partial charge in [-0.25, -0.2) is 0 Å². The number of aliphatic imine (C=N–C) groups is 1. The molecule has 0 aliphatic carbocycles. The smallest absolute Gasteiger partial charge is 0.387 e. The number of benzene rings is 2. The molecule has 2 aromatic rings. The minimum Gasteiger partial charge on any atom is -0.492 e. The third-order valence-corrected chi connectivity index (χ3v) is 4.31. The molecule has 2 rings (SSSR count). The van der Waals surface area contributed by atoms with Gasteiger partial charge in [-0.2, -0.15) is 8.78 Å². The molecular formula is C21H27ClF2N4O2. The van der Waals surface area contributed by atoms with E-state index in [2.05, 4.69) is 25.3 Å². The predicted molar refractivity (Wildman–Crippen MR) is 116 cm³/mol. The summed E-state index contributed by atoms with van der Waals surface area (Å²) in [5.74, 6) is 1.38. The van der Waals surface area contributed by atoms with Crippen LogP contribution in [0.15, 0.2) is 47.5 Å². The number of hydrogen-bond donors (Lipinski definition) is 2.